The van der Waals surface area contributed by atoms with E-state index in [0.717, 1.165) is 18.2 Å². The molecule has 0 radical (unpaired) electrons. The van der Waals surface area contributed by atoms with Crippen molar-refractivity contribution in [1.29, 1.82) is 0 Å². The Bertz CT molecular complexity index is 1070. The predicted molar refractivity (Wildman–Crippen MR) is 109 cm³/mol. The molecule has 1 saturated heterocycles. The molecule has 1 fully saturated rings. The van der Waals surface area contributed by atoms with Crippen LogP contribution in [0.3, 0.4) is 0 Å². The molecule has 0 bridgehead atoms. The van der Waals surface area contributed by atoms with Crippen molar-refractivity contribution in [2.45, 2.75) is 42.7 Å². The summed E-state index contributed by atoms with van der Waals surface area (Å²) < 4.78 is 80.5. The first kappa shape index (κ1) is 24.1. The lowest BCUT2D eigenvalue weighted by Gasteiger charge is -2.33. The van der Waals surface area contributed by atoms with Crippen LogP contribution in [-0.4, -0.2) is 44.4 Å². The Kier molecular flexibility index (Phi) is 7.52. The van der Waals surface area contributed by atoms with E-state index >= 15 is 0 Å². The lowest BCUT2D eigenvalue weighted by Crippen LogP contribution is -2.47. The van der Waals surface area contributed by atoms with E-state index in [2.05, 4.69) is 4.72 Å². The zero-order chi connectivity index (χ0) is 23.5. The number of halogens is 4. The molecule has 0 aliphatic carbocycles. The zero-order valence-electron chi connectivity index (χ0n) is 17.0. The predicted octanol–water partition coefficient (Wildman–Crippen LogP) is 2.47. The van der Waals surface area contributed by atoms with Gasteiger partial charge in [0, 0.05) is 37.7 Å². The highest BCUT2D eigenvalue weighted by atomic mass is 32.2. The summed E-state index contributed by atoms with van der Waals surface area (Å²) in [5.41, 5.74) is 5.79. The molecule has 32 heavy (non-hydrogen) atoms. The Morgan fingerprint density at radius 2 is 1.62 bits per heavy atom. The van der Waals surface area contributed by atoms with E-state index in [-0.39, 0.29) is 35.2 Å². The molecule has 3 N–H and O–H groups in total. The van der Waals surface area contributed by atoms with Crippen LogP contribution in [0.2, 0.25) is 0 Å². The van der Waals surface area contributed by atoms with Crippen molar-refractivity contribution in [2.75, 3.05) is 13.1 Å². The summed E-state index contributed by atoms with van der Waals surface area (Å²) in [4.78, 5) is 14.0. The third-order valence-electron chi connectivity index (χ3n) is 5.30. The van der Waals surface area contributed by atoms with Crippen LogP contribution in [-0.2, 0) is 21.2 Å². The van der Waals surface area contributed by atoms with Gasteiger partial charge in [-0.1, -0.05) is 0 Å². The number of carbonyl (C=O) groups excluding carboxylic acids is 1. The Morgan fingerprint density at radius 3 is 2.25 bits per heavy atom. The lowest BCUT2D eigenvalue weighted by molar-refractivity contribution is -0.132. The second-order valence-corrected chi connectivity index (χ2v) is 9.47. The fraction of sp³-hybridized carbons (Fsp3) is 0.381. The molecule has 0 aromatic heterocycles. The molecule has 1 heterocycles. The Hall–Kier alpha value is -2.50. The van der Waals surface area contributed by atoms with E-state index in [1.54, 1.807) is 0 Å². The highest BCUT2D eigenvalue weighted by Gasteiger charge is 2.27. The molecule has 1 aliphatic rings. The van der Waals surface area contributed by atoms with E-state index in [9.17, 15) is 30.8 Å². The monoisotopic (exact) mass is 473 g/mol. The number of nitrogens with zero attached hydrogens (tertiary/aromatic N) is 1. The number of nitrogens with one attached hydrogen (secondary N) is 1. The van der Waals surface area contributed by atoms with Crippen molar-refractivity contribution in [2.24, 2.45) is 5.73 Å². The molecule has 1 amide bonds. The standard InChI is InChI=1S/C21H23F4N3O3S/c22-14-1-3-17(4-2-14)32(30,31)27-16-5-7-28(8-6-16)21(29)11-15(26)9-13-10-19(24)20(25)12-18(13)23/h1-4,10,12,15-16,27H,5-9,11,26H2/t15-/m1/s1. The van der Waals surface area contributed by atoms with Crippen molar-refractivity contribution >= 4 is 15.9 Å². The van der Waals surface area contributed by atoms with Crippen molar-refractivity contribution in [1.82, 2.24) is 9.62 Å². The fourth-order valence-corrected chi connectivity index (χ4v) is 4.88. The summed E-state index contributed by atoms with van der Waals surface area (Å²) >= 11 is 0. The Labute approximate surface area is 183 Å². The molecule has 0 unspecified atom stereocenters. The van der Waals surface area contributed by atoms with Crippen LogP contribution in [0.1, 0.15) is 24.8 Å². The molecule has 0 saturated carbocycles. The van der Waals surface area contributed by atoms with Crippen LogP contribution >= 0.6 is 0 Å². The van der Waals surface area contributed by atoms with Crippen LogP contribution in [0.4, 0.5) is 17.6 Å². The van der Waals surface area contributed by atoms with Gasteiger partial charge in [0.05, 0.1) is 4.90 Å². The maximum Gasteiger partial charge on any atom is 0.240 e. The Morgan fingerprint density at radius 1 is 1.03 bits per heavy atom. The van der Waals surface area contributed by atoms with Gasteiger partial charge in [0.1, 0.15) is 11.6 Å². The minimum Gasteiger partial charge on any atom is -0.343 e. The molecular weight excluding hydrogens is 450 g/mol. The molecule has 2 aromatic rings. The fourth-order valence-electron chi connectivity index (χ4n) is 3.58. The lowest BCUT2D eigenvalue weighted by atomic mass is 10.0. The van der Waals surface area contributed by atoms with Crippen molar-refractivity contribution in [3.05, 3.63) is 65.2 Å². The summed E-state index contributed by atoms with van der Waals surface area (Å²) in [6.45, 7) is 0.587. The number of benzene rings is 2. The average molecular weight is 473 g/mol. The minimum absolute atomic E-state index is 0.0483. The molecule has 174 valence electrons. The third kappa shape index (κ3) is 6.05. The minimum atomic E-state index is -3.81. The van der Waals surface area contributed by atoms with Crippen LogP contribution in [0, 0.1) is 23.3 Å². The third-order valence-corrected chi connectivity index (χ3v) is 6.84. The SMILES string of the molecule is N[C@@H](CC(=O)N1CCC(NS(=O)(=O)c2ccc(F)cc2)CC1)Cc1cc(F)c(F)cc1F. The van der Waals surface area contributed by atoms with E-state index < -0.39 is 39.3 Å². The van der Waals surface area contributed by atoms with E-state index in [1.165, 1.54) is 17.0 Å². The molecule has 1 aliphatic heterocycles. The first-order valence-corrected chi connectivity index (χ1v) is 11.5. The smallest absolute Gasteiger partial charge is 0.240 e. The topological polar surface area (TPSA) is 92.5 Å². The number of piperidine rings is 1. The highest BCUT2D eigenvalue weighted by molar-refractivity contribution is 7.89. The first-order chi connectivity index (χ1) is 15.0. The number of hydrogen-bond donors (Lipinski definition) is 2. The highest BCUT2D eigenvalue weighted by Crippen LogP contribution is 2.18. The quantitative estimate of drug-likeness (QED) is 0.477. The van der Waals surface area contributed by atoms with Gasteiger partial charge in [-0.15, -0.1) is 0 Å². The Balaban J connectivity index is 1.50. The number of amides is 1. The summed E-state index contributed by atoms with van der Waals surface area (Å²) in [5.74, 6) is -4.25. The summed E-state index contributed by atoms with van der Waals surface area (Å²) in [7, 11) is -3.81. The van der Waals surface area contributed by atoms with E-state index in [0.29, 0.717) is 32.0 Å². The van der Waals surface area contributed by atoms with Gasteiger partial charge in [0.15, 0.2) is 11.6 Å². The van der Waals surface area contributed by atoms with Gasteiger partial charge < -0.3 is 10.6 Å². The summed E-state index contributed by atoms with van der Waals surface area (Å²) in [6.07, 6.45) is 0.492. The molecule has 1 atom stereocenters. The zero-order valence-corrected chi connectivity index (χ0v) is 17.8. The van der Waals surface area contributed by atoms with Crippen LogP contribution in [0.5, 0.6) is 0 Å². The maximum absolute atomic E-state index is 13.8. The number of carbonyl (C=O) groups is 1. The van der Waals surface area contributed by atoms with Crippen LogP contribution in [0.15, 0.2) is 41.3 Å². The molecule has 6 nitrogen and oxygen atoms in total. The normalized spacial score (nSPS) is 16.2. The number of likely N-dealkylation sites (tertiary alicyclic amines) is 1. The van der Waals surface area contributed by atoms with Gasteiger partial charge in [-0.2, -0.15) is 0 Å². The average Bonchev–Trinajstić information content (AvgIpc) is 2.72. The van der Waals surface area contributed by atoms with Crippen molar-refractivity contribution < 1.29 is 30.8 Å². The van der Waals surface area contributed by atoms with E-state index in [4.69, 9.17) is 5.73 Å². The van der Waals surface area contributed by atoms with E-state index in [1.807, 2.05) is 0 Å². The van der Waals surface area contributed by atoms with Gasteiger partial charge in [0.25, 0.3) is 0 Å². The molecule has 3 rings (SSSR count). The molecule has 11 heteroatoms. The van der Waals surface area contributed by atoms with Crippen LogP contribution < -0.4 is 10.5 Å². The van der Waals surface area contributed by atoms with Crippen molar-refractivity contribution in [3.8, 4) is 0 Å². The van der Waals surface area contributed by atoms with Crippen LogP contribution in [0.25, 0.3) is 0 Å². The van der Waals surface area contributed by atoms with Gasteiger partial charge in [0.2, 0.25) is 15.9 Å². The number of sulfonamides is 1. The van der Waals surface area contributed by atoms with Gasteiger partial charge in [-0.05, 0) is 55.2 Å². The summed E-state index contributed by atoms with van der Waals surface area (Å²) in [5, 5.41) is 0. The second-order valence-electron chi connectivity index (χ2n) is 7.76. The van der Waals surface area contributed by atoms with Gasteiger partial charge in [-0.3, -0.25) is 4.79 Å². The first-order valence-electron chi connectivity index (χ1n) is 10.00. The molecule has 0 spiro atoms. The number of nitrogens with two attached hydrogens (primary N) is 1. The maximum atomic E-state index is 13.8. The number of rotatable bonds is 7. The van der Waals surface area contributed by atoms with Gasteiger partial charge >= 0.3 is 0 Å². The molecule has 2 aromatic carbocycles. The number of hydrogen-bond acceptors (Lipinski definition) is 4. The second kappa shape index (κ2) is 9.97. The molecular formula is C21H23F4N3O3S. The van der Waals surface area contributed by atoms with Crippen molar-refractivity contribution in [3.63, 3.8) is 0 Å². The largest absolute Gasteiger partial charge is 0.343 e. The van der Waals surface area contributed by atoms with Gasteiger partial charge in [-0.25, -0.2) is 30.7 Å². The summed E-state index contributed by atoms with van der Waals surface area (Å²) in [6, 6.07) is 4.46.